The van der Waals surface area contributed by atoms with Crippen LogP contribution in [0, 0.1) is 0 Å². The van der Waals surface area contributed by atoms with Gasteiger partial charge in [0.25, 0.3) is 0 Å². The Labute approximate surface area is 115 Å². The van der Waals surface area contributed by atoms with Gasteiger partial charge in [0.1, 0.15) is 5.82 Å². The lowest BCUT2D eigenvalue weighted by atomic mass is 10.2. The number of benzene rings is 1. The Balaban J connectivity index is 2.03. The maximum atomic E-state index is 5.79. The van der Waals surface area contributed by atoms with Crippen molar-refractivity contribution in [3.05, 3.63) is 46.7 Å². The summed E-state index contributed by atoms with van der Waals surface area (Å²) in [5, 5.41) is 3.10. The summed E-state index contributed by atoms with van der Waals surface area (Å²) in [7, 11) is 2.02. The lowest BCUT2D eigenvalue weighted by molar-refractivity contribution is 0.917. The summed E-state index contributed by atoms with van der Waals surface area (Å²) in [6.07, 6.45) is 0. The van der Waals surface area contributed by atoms with Crippen LogP contribution in [0.5, 0.6) is 0 Å². The number of hydrogen-bond donors (Lipinski definition) is 1. The normalized spacial score (nSPS) is 10.8. The third kappa shape index (κ3) is 2.37. The molecule has 5 heteroatoms. The van der Waals surface area contributed by atoms with Gasteiger partial charge in [-0.2, -0.15) is 4.98 Å². The molecule has 0 bridgehead atoms. The Hall–Kier alpha value is -2.14. The van der Waals surface area contributed by atoms with Crippen molar-refractivity contribution < 1.29 is 0 Å². The zero-order chi connectivity index (χ0) is 13.2. The molecule has 2 N–H and O–H groups in total. The van der Waals surface area contributed by atoms with Crippen LogP contribution >= 0.6 is 11.3 Å². The predicted octanol–water partition coefficient (Wildman–Crippen LogP) is 2.91. The van der Waals surface area contributed by atoms with Gasteiger partial charge in [-0.15, -0.1) is 11.3 Å². The molecular weight excluding hydrogens is 256 g/mol. The Morgan fingerprint density at radius 1 is 1.16 bits per heavy atom. The van der Waals surface area contributed by atoms with E-state index in [1.165, 1.54) is 4.88 Å². The lowest BCUT2D eigenvalue weighted by Gasteiger charge is -2.19. The fourth-order valence-electron chi connectivity index (χ4n) is 2.08. The quantitative estimate of drug-likeness (QED) is 0.795. The number of hydrogen-bond acceptors (Lipinski definition) is 5. The van der Waals surface area contributed by atoms with Crippen LogP contribution in [0.15, 0.2) is 41.8 Å². The van der Waals surface area contributed by atoms with E-state index in [9.17, 15) is 0 Å². The molecule has 0 atom stereocenters. The van der Waals surface area contributed by atoms with Crippen LogP contribution in [0.25, 0.3) is 10.9 Å². The van der Waals surface area contributed by atoms with Crippen LogP contribution in [0.4, 0.5) is 11.8 Å². The van der Waals surface area contributed by atoms with Crippen molar-refractivity contribution in [1.82, 2.24) is 9.97 Å². The summed E-state index contributed by atoms with van der Waals surface area (Å²) in [6.45, 7) is 0.818. The number of nitrogen functional groups attached to an aromatic ring is 1. The van der Waals surface area contributed by atoms with E-state index in [1.54, 1.807) is 11.3 Å². The Bertz CT molecular complexity index is 694. The van der Waals surface area contributed by atoms with Crippen molar-refractivity contribution >= 4 is 34.0 Å². The standard InChI is InChI=1S/C14H14N4S/c1-18(9-10-5-4-8-19-10)13-11-6-2-3-7-12(11)16-14(15)17-13/h2-8H,9H2,1H3,(H2,15,16,17). The van der Waals surface area contributed by atoms with Crippen molar-refractivity contribution in [2.75, 3.05) is 17.7 Å². The van der Waals surface area contributed by atoms with Crippen LogP contribution in [0.2, 0.25) is 0 Å². The van der Waals surface area contributed by atoms with Gasteiger partial charge < -0.3 is 10.6 Å². The molecule has 0 amide bonds. The van der Waals surface area contributed by atoms with Gasteiger partial charge in [0.15, 0.2) is 0 Å². The zero-order valence-electron chi connectivity index (χ0n) is 10.6. The Morgan fingerprint density at radius 3 is 2.79 bits per heavy atom. The molecule has 0 fully saturated rings. The van der Waals surface area contributed by atoms with E-state index in [0.717, 1.165) is 23.3 Å². The highest BCUT2D eigenvalue weighted by Crippen LogP contribution is 2.25. The number of para-hydroxylation sites is 1. The first-order valence-corrected chi connectivity index (χ1v) is 6.88. The molecule has 0 saturated heterocycles. The highest BCUT2D eigenvalue weighted by atomic mass is 32.1. The van der Waals surface area contributed by atoms with E-state index in [1.807, 2.05) is 31.3 Å². The van der Waals surface area contributed by atoms with Crippen molar-refractivity contribution in [3.63, 3.8) is 0 Å². The van der Waals surface area contributed by atoms with Crippen molar-refractivity contribution in [3.8, 4) is 0 Å². The van der Waals surface area contributed by atoms with Crippen LogP contribution in [-0.4, -0.2) is 17.0 Å². The first kappa shape index (κ1) is 11.9. The minimum atomic E-state index is 0.312. The number of anilines is 2. The van der Waals surface area contributed by atoms with Crippen molar-refractivity contribution in [2.24, 2.45) is 0 Å². The van der Waals surface area contributed by atoms with E-state index in [-0.39, 0.29) is 0 Å². The fourth-order valence-corrected chi connectivity index (χ4v) is 2.84. The maximum absolute atomic E-state index is 5.79. The highest BCUT2D eigenvalue weighted by molar-refractivity contribution is 7.09. The second-order valence-electron chi connectivity index (χ2n) is 4.36. The number of aromatic nitrogens is 2. The molecule has 19 heavy (non-hydrogen) atoms. The minimum absolute atomic E-state index is 0.312. The molecule has 0 aliphatic heterocycles. The highest BCUT2D eigenvalue weighted by Gasteiger charge is 2.10. The number of fused-ring (bicyclic) bond motifs is 1. The third-order valence-corrected chi connectivity index (χ3v) is 3.80. The van der Waals surface area contributed by atoms with Gasteiger partial charge in [0.05, 0.1) is 12.1 Å². The van der Waals surface area contributed by atoms with Crippen LogP contribution < -0.4 is 10.6 Å². The topological polar surface area (TPSA) is 55.0 Å². The zero-order valence-corrected chi connectivity index (χ0v) is 11.4. The molecule has 0 saturated carbocycles. The molecule has 1 aromatic carbocycles. The number of rotatable bonds is 3. The molecule has 0 radical (unpaired) electrons. The van der Waals surface area contributed by atoms with Gasteiger partial charge in [-0.1, -0.05) is 18.2 Å². The van der Waals surface area contributed by atoms with Crippen molar-refractivity contribution in [1.29, 1.82) is 0 Å². The molecule has 96 valence electrons. The van der Waals surface area contributed by atoms with Gasteiger partial charge in [-0.05, 0) is 23.6 Å². The van der Waals surface area contributed by atoms with Crippen molar-refractivity contribution in [2.45, 2.75) is 6.54 Å². The van der Waals surface area contributed by atoms with Crippen LogP contribution in [0.3, 0.4) is 0 Å². The molecule has 3 aromatic rings. The van der Waals surface area contributed by atoms with Gasteiger partial charge in [-0.3, -0.25) is 0 Å². The fraction of sp³-hybridized carbons (Fsp3) is 0.143. The van der Waals surface area contributed by atoms with E-state index >= 15 is 0 Å². The molecule has 3 rings (SSSR count). The molecule has 0 unspecified atom stereocenters. The average molecular weight is 270 g/mol. The van der Waals surface area contributed by atoms with Gasteiger partial charge in [0, 0.05) is 17.3 Å². The molecular formula is C14H14N4S. The van der Waals surface area contributed by atoms with Crippen LogP contribution in [0.1, 0.15) is 4.88 Å². The number of nitrogens with two attached hydrogens (primary N) is 1. The number of nitrogens with zero attached hydrogens (tertiary/aromatic N) is 3. The second kappa shape index (κ2) is 4.85. The molecule has 2 aromatic heterocycles. The smallest absolute Gasteiger partial charge is 0.222 e. The lowest BCUT2D eigenvalue weighted by Crippen LogP contribution is -2.18. The first-order chi connectivity index (χ1) is 9.24. The monoisotopic (exact) mass is 270 g/mol. The summed E-state index contributed by atoms with van der Waals surface area (Å²) in [5.74, 6) is 1.18. The average Bonchev–Trinajstić information content (AvgIpc) is 2.90. The number of thiophene rings is 1. The molecule has 0 spiro atoms. The van der Waals surface area contributed by atoms with E-state index < -0.39 is 0 Å². The Kier molecular flexibility index (Phi) is 3.05. The van der Waals surface area contributed by atoms with E-state index in [4.69, 9.17) is 5.73 Å². The summed E-state index contributed by atoms with van der Waals surface area (Å²) >= 11 is 1.74. The third-order valence-electron chi connectivity index (χ3n) is 2.94. The van der Waals surface area contributed by atoms with E-state index in [0.29, 0.717) is 5.95 Å². The SMILES string of the molecule is CN(Cc1cccs1)c1nc(N)nc2ccccc12. The summed E-state index contributed by atoms with van der Waals surface area (Å²) in [5.41, 5.74) is 6.67. The molecule has 0 aliphatic rings. The molecule has 4 nitrogen and oxygen atoms in total. The molecule has 0 aliphatic carbocycles. The summed E-state index contributed by atoms with van der Waals surface area (Å²) in [4.78, 5) is 12.0. The van der Waals surface area contributed by atoms with Gasteiger partial charge in [0.2, 0.25) is 5.95 Å². The largest absolute Gasteiger partial charge is 0.368 e. The van der Waals surface area contributed by atoms with Gasteiger partial charge in [-0.25, -0.2) is 4.98 Å². The van der Waals surface area contributed by atoms with Crippen LogP contribution in [-0.2, 0) is 6.54 Å². The second-order valence-corrected chi connectivity index (χ2v) is 5.39. The predicted molar refractivity (Wildman–Crippen MR) is 80.4 cm³/mol. The summed E-state index contributed by atoms with van der Waals surface area (Å²) in [6, 6.07) is 12.1. The maximum Gasteiger partial charge on any atom is 0.222 e. The van der Waals surface area contributed by atoms with Gasteiger partial charge >= 0.3 is 0 Å². The first-order valence-electron chi connectivity index (χ1n) is 6.00. The molecule has 2 heterocycles. The van der Waals surface area contributed by atoms with E-state index in [2.05, 4.69) is 32.4 Å². The Morgan fingerprint density at radius 2 is 2.00 bits per heavy atom. The minimum Gasteiger partial charge on any atom is -0.368 e. The summed E-state index contributed by atoms with van der Waals surface area (Å²) < 4.78 is 0.